The zero-order valence-corrected chi connectivity index (χ0v) is 9.07. The van der Waals surface area contributed by atoms with Gasteiger partial charge in [-0.05, 0) is 34.6 Å². The van der Waals surface area contributed by atoms with Crippen LogP contribution in [0.2, 0.25) is 10.6 Å². The van der Waals surface area contributed by atoms with Gasteiger partial charge in [0.2, 0.25) is 16.5 Å². The molecule has 0 amide bonds. The first-order valence-electron chi connectivity index (χ1n) is 3.60. The smallest absolute Gasteiger partial charge is 0.232 e. The summed E-state index contributed by atoms with van der Waals surface area (Å²) in [5, 5.41) is 6.95. The van der Waals surface area contributed by atoms with E-state index in [9.17, 15) is 0 Å². The fourth-order valence-electron chi connectivity index (χ4n) is 0.846. The lowest BCUT2D eigenvalue weighted by molar-refractivity contribution is 1.05. The van der Waals surface area contributed by atoms with Gasteiger partial charge in [0.25, 0.3) is 0 Å². The Labute approximate surface area is 93.9 Å². The molecule has 0 aliphatic heterocycles. The average Bonchev–Trinajstić information content (AvgIpc) is 2.54. The third-order valence-corrected chi connectivity index (χ3v) is 2.38. The van der Waals surface area contributed by atoms with Gasteiger partial charge in [0.1, 0.15) is 0 Å². The van der Waals surface area contributed by atoms with Gasteiger partial charge in [0.15, 0.2) is 0 Å². The van der Waals surface area contributed by atoms with Gasteiger partial charge in [-0.3, -0.25) is 0 Å². The number of halogens is 2. The Morgan fingerprint density at radius 2 is 1.86 bits per heavy atom. The summed E-state index contributed by atoms with van der Waals surface area (Å²) < 4.78 is 0. The van der Waals surface area contributed by atoms with Crippen LogP contribution in [0.1, 0.15) is 0 Å². The molecule has 14 heavy (non-hydrogen) atoms. The van der Waals surface area contributed by atoms with E-state index in [1.807, 2.05) is 16.8 Å². The molecule has 0 bridgehead atoms. The number of aromatic nitrogens is 3. The molecule has 2 aromatic rings. The number of rotatable bonds is 2. The highest BCUT2D eigenvalue weighted by Gasteiger charge is 2.02. The maximum Gasteiger partial charge on any atom is 0.232 e. The first-order valence-corrected chi connectivity index (χ1v) is 5.30. The fourth-order valence-corrected chi connectivity index (χ4v) is 1.80. The summed E-state index contributed by atoms with van der Waals surface area (Å²) in [5.41, 5.74) is 0.897. The van der Waals surface area contributed by atoms with Crippen molar-refractivity contribution in [1.82, 2.24) is 15.0 Å². The second-order valence-electron chi connectivity index (χ2n) is 2.33. The van der Waals surface area contributed by atoms with Gasteiger partial charge in [-0.25, -0.2) is 0 Å². The standard InChI is InChI=1S/C7H4Cl2N4S/c8-5-11-6(9)13-7(12-5)10-4-1-2-14-3-4/h1-3H,(H,10,11,12,13). The van der Waals surface area contributed by atoms with Crippen LogP contribution in [-0.2, 0) is 0 Å². The molecule has 2 aromatic heterocycles. The molecular weight excluding hydrogens is 243 g/mol. The highest BCUT2D eigenvalue weighted by Crippen LogP contribution is 2.17. The van der Waals surface area contributed by atoms with E-state index in [1.165, 1.54) is 0 Å². The first-order chi connectivity index (χ1) is 6.74. The summed E-state index contributed by atoms with van der Waals surface area (Å²) in [5.74, 6) is 0.341. The van der Waals surface area contributed by atoms with Gasteiger partial charge >= 0.3 is 0 Å². The molecule has 1 N–H and O–H groups in total. The maximum absolute atomic E-state index is 5.61. The molecule has 72 valence electrons. The molecule has 0 aliphatic rings. The Morgan fingerprint density at radius 3 is 2.43 bits per heavy atom. The predicted octanol–water partition coefficient (Wildman–Crippen LogP) is 2.98. The molecule has 0 spiro atoms. The first kappa shape index (κ1) is 9.64. The Kier molecular flexibility index (Phi) is 2.81. The molecule has 0 saturated heterocycles. The lowest BCUT2D eigenvalue weighted by atomic mass is 10.5. The maximum atomic E-state index is 5.61. The molecule has 0 unspecified atom stereocenters. The lowest BCUT2D eigenvalue weighted by Crippen LogP contribution is -1.98. The summed E-state index contributed by atoms with van der Waals surface area (Å²) in [6.07, 6.45) is 0. The lowest BCUT2D eigenvalue weighted by Gasteiger charge is -2.01. The molecule has 0 fully saturated rings. The van der Waals surface area contributed by atoms with E-state index in [-0.39, 0.29) is 10.6 Å². The molecule has 4 nitrogen and oxygen atoms in total. The largest absolute Gasteiger partial charge is 0.323 e. The zero-order valence-electron chi connectivity index (χ0n) is 6.74. The number of anilines is 2. The van der Waals surface area contributed by atoms with Crippen molar-refractivity contribution in [2.45, 2.75) is 0 Å². The normalized spacial score (nSPS) is 10.1. The van der Waals surface area contributed by atoms with Gasteiger partial charge in [-0.15, -0.1) is 0 Å². The van der Waals surface area contributed by atoms with Crippen molar-refractivity contribution in [3.05, 3.63) is 27.4 Å². The van der Waals surface area contributed by atoms with Crippen molar-refractivity contribution < 1.29 is 0 Å². The van der Waals surface area contributed by atoms with E-state index in [2.05, 4.69) is 20.3 Å². The Bertz CT molecular complexity index is 411. The SMILES string of the molecule is Clc1nc(Cl)nc(Nc2ccsc2)n1. The van der Waals surface area contributed by atoms with Crippen LogP contribution in [0.4, 0.5) is 11.6 Å². The molecule has 2 rings (SSSR count). The van der Waals surface area contributed by atoms with Crippen LogP contribution in [-0.4, -0.2) is 15.0 Å². The Balaban J connectivity index is 2.25. The monoisotopic (exact) mass is 246 g/mol. The summed E-state index contributed by atoms with van der Waals surface area (Å²) in [6, 6.07) is 1.90. The van der Waals surface area contributed by atoms with Gasteiger partial charge in [0, 0.05) is 5.38 Å². The highest BCUT2D eigenvalue weighted by atomic mass is 35.5. The van der Waals surface area contributed by atoms with Crippen LogP contribution in [0.3, 0.4) is 0 Å². The minimum Gasteiger partial charge on any atom is -0.323 e. The van der Waals surface area contributed by atoms with Crippen LogP contribution >= 0.6 is 34.5 Å². The molecule has 0 atom stereocenters. The summed E-state index contributed by atoms with van der Waals surface area (Å²) in [4.78, 5) is 11.4. The van der Waals surface area contributed by atoms with Gasteiger partial charge in [-0.1, -0.05) is 0 Å². The minimum atomic E-state index is 0.0720. The summed E-state index contributed by atoms with van der Waals surface area (Å²) >= 11 is 12.8. The molecule has 0 aromatic carbocycles. The van der Waals surface area contributed by atoms with Crippen molar-refractivity contribution >= 4 is 46.2 Å². The van der Waals surface area contributed by atoms with Gasteiger partial charge in [-0.2, -0.15) is 26.3 Å². The van der Waals surface area contributed by atoms with Crippen molar-refractivity contribution in [3.8, 4) is 0 Å². The van der Waals surface area contributed by atoms with E-state index < -0.39 is 0 Å². The molecule has 7 heteroatoms. The number of hydrogen-bond donors (Lipinski definition) is 1. The van der Waals surface area contributed by atoms with E-state index in [1.54, 1.807) is 11.3 Å². The molecular formula is C7H4Cl2N4S. The third kappa shape index (κ3) is 2.31. The minimum absolute atomic E-state index is 0.0720. The number of thiophene rings is 1. The quantitative estimate of drug-likeness (QED) is 0.886. The van der Waals surface area contributed by atoms with Crippen molar-refractivity contribution in [2.75, 3.05) is 5.32 Å². The zero-order chi connectivity index (χ0) is 9.97. The Morgan fingerprint density at radius 1 is 1.14 bits per heavy atom. The van der Waals surface area contributed by atoms with E-state index in [0.29, 0.717) is 5.95 Å². The summed E-state index contributed by atoms with van der Waals surface area (Å²) in [7, 11) is 0. The van der Waals surface area contributed by atoms with Crippen LogP contribution in [0.15, 0.2) is 16.8 Å². The molecule has 0 saturated carbocycles. The van der Waals surface area contributed by atoms with Crippen LogP contribution < -0.4 is 5.32 Å². The van der Waals surface area contributed by atoms with Gasteiger partial charge < -0.3 is 5.32 Å². The molecule has 0 radical (unpaired) electrons. The average molecular weight is 247 g/mol. The fraction of sp³-hybridized carbons (Fsp3) is 0. The Hall–Kier alpha value is -0.910. The van der Waals surface area contributed by atoms with Crippen molar-refractivity contribution in [3.63, 3.8) is 0 Å². The molecule has 0 aliphatic carbocycles. The van der Waals surface area contributed by atoms with E-state index in [0.717, 1.165) is 5.69 Å². The van der Waals surface area contributed by atoms with Crippen LogP contribution in [0, 0.1) is 0 Å². The second-order valence-corrected chi connectivity index (χ2v) is 3.79. The predicted molar refractivity (Wildman–Crippen MR) is 57.4 cm³/mol. The topological polar surface area (TPSA) is 50.7 Å². The van der Waals surface area contributed by atoms with Crippen molar-refractivity contribution in [2.24, 2.45) is 0 Å². The number of hydrogen-bond acceptors (Lipinski definition) is 5. The second kappa shape index (κ2) is 4.08. The van der Waals surface area contributed by atoms with E-state index >= 15 is 0 Å². The highest BCUT2D eigenvalue weighted by molar-refractivity contribution is 7.08. The number of nitrogens with zero attached hydrogens (tertiary/aromatic N) is 3. The van der Waals surface area contributed by atoms with E-state index in [4.69, 9.17) is 23.2 Å². The third-order valence-electron chi connectivity index (χ3n) is 1.36. The van der Waals surface area contributed by atoms with Crippen LogP contribution in [0.5, 0.6) is 0 Å². The number of nitrogens with one attached hydrogen (secondary N) is 1. The van der Waals surface area contributed by atoms with Crippen LogP contribution in [0.25, 0.3) is 0 Å². The van der Waals surface area contributed by atoms with Gasteiger partial charge in [0.05, 0.1) is 5.69 Å². The van der Waals surface area contributed by atoms with Crippen molar-refractivity contribution in [1.29, 1.82) is 0 Å². The summed E-state index contributed by atoms with van der Waals surface area (Å²) in [6.45, 7) is 0. The molecule has 2 heterocycles.